The van der Waals surface area contributed by atoms with Crippen molar-refractivity contribution in [2.45, 2.75) is 31.9 Å². The van der Waals surface area contributed by atoms with Crippen LogP contribution in [0.1, 0.15) is 28.4 Å². The van der Waals surface area contributed by atoms with Crippen LogP contribution in [0.5, 0.6) is 0 Å². The molecule has 2 aromatic carbocycles. The number of amides is 1. The third kappa shape index (κ3) is 5.72. The summed E-state index contributed by atoms with van der Waals surface area (Å²) in [6.07, 6.45) is -10.7. The predicted octanol–water partition coefficient (Wildman–Crippen LogP) is 4.06. The maximum absolute atomic E-state index is 13.5. The van der Waals surface area contributed by atoms with Crippen LogP contribution < -0.4 is 11.4 Å². The number of hydrogen-bond donors (Lipinski definition) is 1. The summed E-state index contributed by atoms with van der Waals surface area (Å²) < 4.78 is 81.5. The van der Waals surface area contributed by atoms with Crippen molar-refractivity contribution in [1.82, 2.24) is 29.1 Å². The van der Waals surface area contributed by atoms with E-state index in [1.54, 1.807) is 0 Å². The van der Waals surface area contributed by atoms with Gasteiger partial charge in [-0.1, -0.05) is 23.7 Å². The maximum atomic E-state index is 13.5. The molecule has 200 valence electrons. The SMILES string of the molecule is NC(=O)c1nc(Cn2nc(-c3ccc(Cl)cc3)n(CCC(F)(F)F)c2=O)nn1-c1ccccc1C(F)(F)F. The summed E-state index contributed by atoms with van der Waals surface area (Å²) in [5.41, 5.74) is 2.94. The fraction of sp³-hybridized carbons (Fsp3) is 0.227. The number of rotatable bonds is 7. The van der Waals surface area contributed by atoms with Crippen molar-refractivity contribution < 1.29 is 31.1 Å². The second-order valence-corrected chi connectivity index (χ2v) is 8.37. The molecule has 0 aliphatic rings. The molecule has 9 nitrogen and oxygen atoms in total. The fourth-order valence-corrected chi connectivity index (χ4v) is 3.70. The summed E-state index contributed by atoms with van der Waals surface area (Å²) in [7, 11) is 0. The van der Waals surface area contributed by atoms with E-state index in [4.69, 9.17) is 17.3 Å². The van der Waals surface area contributed by atoms with Gasteiger partial charge < -0.3 is 5.73 Å². The van der Waals surface area contributed by atoms with Gasteiger partial charge in [0, 0.05) is 17.1 Å². The number of halogens is 7. The van der Waals surface area contributed by atoms with Gasteiger partial charge in [0.15, 0.2) is 11.6 Å². The maximum Gasteiger partial charge on any atom is 0.418 e. The number of nitrogens with zero attached hydrogens (tertiary/aromatic N) is 6. The van der Waals surface area contributed by atoms with Crippen LogP contribution >= 0.6 is 11.6 Å². The summed E-state index contributed by atoms with van der Waals surface area (Å²) in [6, 6.07) is 10.0. The first kappa shape index (κ1) is 26.9. The molecule has 2 N–H and O–H groups in total. The third-order valence-electron chi connectivity index (χ3n) is 5.24. The van der Waals surface area contributed by atoms with E-state index in [1.807, 2.05) is 0 Å². The van der Waals surface area contributed by atoms with Crippen LogP contribution in [-0.4, -0.2) is 41.2 Å². The average Bonchev–Trinajstić information content (AvgIpc) is 3.39. The van der Waals surface area contributed by atoms with Gasteiger partial charge in [0.05, 0.1) is 17.7 Å². The first-order chi connectivity index (χ1) is 17.7. The molecule has 0 unspecified atom stereocenters. The van der Waals surface area contributed by atoms with E-state index >= 15 is 0 Å². The van der Waals surface area contributed by atoms with Crippen LogP contribution in [0.15, 0.2) is 53.3 Å². The van der Waals surface area contributed by atoms with E-state index in [0.29, 0.717) is 9.70 Å². The van der Waals surface area contributed by atoms with Crippen LogP contribution in [-0.2, 0) is 19.3 Å². The highest BCUT2D eigenvalue weighted by atomic mass is 35.5. The molecule has 2 aromatic heterocycles. The molecular formula is C22H16ClF6N7O2. The summed E-state index contributed by atoms with van der Waals surface area (Å²) in [5, 5.41) is 8.35. The fourth-order valence-electron chi connectivity index (χ4n) is 3.58. The minimum absolute atomic E-state index is 0.118. The highest BCUT2D eigenvalue weighted by Crippen LogP contribution is 2.34. The van der Waals surface area contributed by atoms with E-state index in [0.717, 1.165) is 27.4 Å². The monoisotopic (exact) mass is 559 g/mol. The molecular weight excluding hydrogens is 544 g/mol. The quantitative estimate of drug-likeness (QED) is 0.343. The van der Waals surface area contributed by atoms with Crippen molar-refractivity contribution in [2.75, 3.05) is 0 Å². The van der Waals surface area contributed by atoms with Crippen molar-refractivity contribution in [3.8, 4) is 17.1 Å². The summed E-state index contributed by atoms with van der Waals surface area (Å²) in [6.45, 7) is -1.34. The van der Waals surface area contributed by atoms with E-state index in [9.17, 15) is 35.9 Å². The Morgan fingerprint density at radius 2 is 1.63 bits per heavy atom. The van der Waals surface area contributed by atoms with Gasteiger partial charge >= 0.3 is 18.0 Å². The Kier molecular flexibility index (Phi) is 7.06. The summed E-state index contributed by atoms with van der Waals surface area (Å²) in [4.78, 5) is 28.8. The van der Waals surface area contributed by atoms with Crippen LogP contribution in [0.3, 0.4) is 0 Å². The molecule has 0 aliphatic heterocycles. The predicted molar refractivity (Wildman–Crippen MR) is 122 cm³/mol. The van der Waals surface area contributed by atoms with Gasteiger partial charge in [0.25, 0.3) is 5.91 Å². The number of hydrogen-bond acceptors (Lipinski definition) is 5. The Labute approximate surface area is 214 Å². The molecule has 0 radical (unpaired) electrons. The van der Waals surface area contributed by atoms with Crippen LogP contribution in [0, 0.1) is 0 Å². The van der Waals surface area contributed by atoms with Crippen molar-refractivity contribution >= 4 is 17.5 Å². The lowest BCUT2D eigenvalue weighted by atomic mass is 10.1. The molecule has 1 amide bonds. The zero-order valence-electron chi connectivity index (χ0n) is 19.0. The smallest absolute Gasteiger partial charge is 0.363 e. The number of benzene rings is 2. The molecule has 0 aliphatic carbocycles. The first-order valence-corrected chi connectivity index (χ1v) is 11.0. The minimum atomic E-state index is -4.81. The molecule has 4 rings (SSSR count). The van der Waals surface area contributed by atoms with Crippen molar-refractivity contribution in [3.05, 3.63) is 81.3 Å². The normalized spacial score (nSPS) is 12.2. The molecule has 38 heavy (non-hydrogen) atoms. The Morgan fingerprint density at radius 3 is 2.24 bits per heavy atom. The Bertz CT molecular complexity index is 1540. The number of alkyl halides is 6. The molecule has 0 spiro atoms. The lowest BCUT2D eigenvalue weighted by Crippen LogP contribution is -2.27. The molecule has 2 heterocycles. The minimum Gasteiger partial charge on any atom is -0.363 e. The van der Waals surface area contributed by atoms with Crippen molar-refractivity contribution in [3.63, 3.8) is 0 Å². The van der Waals surface area contributed by atoms with Gasteiger partial charge in [-0.25, -0.2) is 19.1 Å². The summed E-state index contributed by atoms with van der Waals surface area (Å²) in [5.74, 6) is -2.31. The number of carbonyl (C=O) groups is 1. The number of carbonyl (C=O) groups excluding carboxylic acids is 1. The Hall–Kier alpha value is -4.14. The number of nitrogens with two attached hydrogens (primary N) is 1. The molecule has 0 fully saturated rings. The zero-order valence-corrected chi connectivity index (χ0v) is 19.7. The third-order valence-corrected chi connectivity index (χ3v) is 5.50. The van der Waals surface area contributed by atoms with Crippen LogP contribution in [0.2, 0.25) is 5.02 Å². The standard InChI is InChI=1S/C22H16ClF6N7O2/c23-13-7-5-12(6-8-13)18-33-35(20(38)34(18)10-9-21(24,25)26)11-16-31-19(17(30)37)36(32-16)15-4-2-1-3-14(15)22(27,28)29/h1-8H,9-11H2,(H2,30,37). The van der Waals surface area contributed by atoms with E-state index in [-0.39, 0.29) is 17.2 Å². The van der Waals surface area contributed by atoms with Gasteiger partial charge in [-0.15, -0.1) is 10.2 Å². The highest BCUT2D eigenvalue weighted by molar-refractivity contribution is 6.30. The van der Waals surface area contributed by atoms with Gasteiger partial charge in [0.1, 0.15) is 6.54 Å². The topological polar surface area (TPSA) is 114 Å². The number of para-hydroxylation sites is 1. The van der Waals surface area contributed by atoms with Gasteiger partial charge in [-0.3, -0.25) is 9.36 Å². The van der Waals surface area contributed by atoms with Crippen molar-refractivity contribution in [2.24, 2.45) is 5.73 Å². The zero-order chi connectivity index (χ0) is 27.8. The molecule has 16 heteroatoms. The molecule has 0 bridgehead atoms. The lowest BCUT2D eigenvalue weighted by molar-refractivity contribution is -0.138. The largest absolute Gasteiger partial charge is 0.418 e. The molecule has 4 aromatic rings. The number of aromatic nitrogens is 6. The van der Waals surface area contributed by atoms with E-state index in [1.165, 1.54) is 30.3 Å². The van der Waals surface area contributed by atoms with Gasteiger partial charge in [-0.05, 0) is 36.4 Å². The Balaban J connectivity index is 1.79. The Morgan fingerprint density at radius 1 is 0.974 bits per heavy atom. The molecule has 0 saturated carbocycles. The van der Waals surface area contributed by atoms with Crippen molar-refractivity contribution in [1.29, 1.82) is 0 Å². The second kappa shape index (κ2) is 9.96. The van der Waals surface area contributed by atoms with Gasteiger partial charge in [0.2, 0.25) is 5.82 Å². The average molecular weight is 560 g/mol. The first-order valence-electron chi connectivity index (χ1n) is 10.7. The molecule has 0 atom stereocenters. The second-order valence-electron chi connectivity index (χ2n) is 7.93. The van der Waals surface area contributed by atoms with Crippen LogP contribution in [0.4, 0.5) is 26.3 Å². The highest BCUT2D eigenvalue weighted by Gasteiger charge is 2.35. The van der Waals surface area contributed by atoms with Crippen LogP contribution in [0.25, 0.3) is 17.1 Å². The number of primary amides is 1. The molecule has 0 saturated heterocycles. The van der Waals surface area contributed by atoms with Gasteiger partial charge in [-0.2, -0.15) is 26.3 Å². The summed E-state index contributed by atoms with van der Waals surface area (Å²) >= 11 is 5.87. The van der Waals surface area contributed by atoms with E-state index in [2.05, 4.69) is 15.2 Å². The van der Waals surface area contributed by atoms with E-state index < -0.39 is 60.5 Å². The lowest BCUT2D eigenvalue weighted by Gasteiger charge is -2.12.